The van der Waals surface area contributed by atoms with Gasteiger partial charge in [-0.2, -0.15) is 0 Å². The Bertz CT molecular complexity index is 1040. The Morgan fingerprint density at radius 3 is 0.622 bits per heavy atom. The van der Waals surface area contributed by atoms with Crippen molar-refractivity contribution < 1.29 is 5.48 Å². The Labute approximate surface area is 223 Å². The fourth-order valence-electron chi connectivity index (χ4n) is 4.00. The molecule has 37 heavy (non-hydrogen) atoms. The third-order valence-electron chi connectivity index (χ3n) is 6.00. The standard InChI is InChI=1S/2C18H18.H2O/c2*1-3-5-15-7-11-17(12-8-15)18-13-9-16(6-4-2)10-14-18;/h2*3-4,7-14H,1-2,5-6H2;1H2. The van der Waals surface area contributed by atoms with Gasteiger partial charge in [-0.25, -0.2) is 0 Å². The first kappa shape index (κ1) is 29.0. The Hall–Kier alpha value is -4.20. The average Bonchev–Trinajstić information content (AvgIpc) is 2.92. The van der Waals surface area contributed by atoms with Crippen LogP contribution in [-0.4, -0.2) is 5.48 Å². The second kappa shape index (κ2) is 15.7. The lowest BCUT2D eigenvalue weighted by Gasteiger charge is -2.04. The molecule has 0 bridgehead atoms. The third kappa shape index (κ3) is 9.07. The molecule has 2 N–H and O–H groups in total. The molecule has 1 heteroatoms. The van der Waals surface area contributed by atoms with Crippen molar-refractivity contribution in [3.05, 3.63) is 170 Å². The van der Waals surface area contributed by atoms with Crippen LogP contribution in [0, 0.1) is 0 Å². The summed E-state index contributed by atoms with van der Waals surface area (Å²) in [5.41, 5.74) is 10.2. The van der Waals surface area contributed by atoms with E-state index in [2.05, 4.69) is 123 Å². The van der Waals surface area contributed by atoms with Crippen molar-refractivity contribution in [1.82, 2.24) is 0 Å². The molecule has 0 spiro atoms. The van der Waals surface area contributed by atoms with Gasteiger partial charge >= 0.3 is 0 Å². The van der Waals surface area contributed by atoms with Gasteiger partial charge in [-0.1, -0.05) is 121 Å². The molecule has 188 valence electrons. The molecule has 0 amide bonds. The molecule has 0 saturated carbocycles. The van der Waals surface area contributed by atoms with E-state index in [1.54, 1.807) is 0 Å². The summed E-state index contributed by atoms with van der Waals surface area (Å²) in [7, 11) is 0. The molecule has 1 nitrogen and oxygen atoms in total. The minimum Gasteiger partial charge on any atom is -0.412 e. The van der Waals surface area contributed by atoms with E-state index in [9.17, 15) is 0 Å². The van der Waals surface area contributed by atoms with E-state index in [0.717, 1.165) is 25.7 Å². The van der Waals surface area contributed by atoms with Crippen molar-refractivity contribution in [2.24, 2.45) is 0 Å². The van der Waals surface area contributed by atoms with E-state index in [-0.39, 0.29) is 5.48 Å². The summed E-state index contributed by atoms with van der Waals surface area (Å²) in [6.45, 7) is 15.0. The first-order valence-electron chi connectivity index (χ1n) is 12.5. The second-order valence-corrected chi connectivity index (χ2v) is 8.76. The maximum atomic E-state index is 3.76. The van der Waals surface area contributed by atoms with E-state index in [1.165, 1.54) is 44.5 Å². The van der Waals surface area contributed by atoms with E-state index in [4.69, 9.17) is 0 Å². The van der Waals surface area contributed by atoms with Crippen molar-refractivity contribution in [1.29, 1.82) is 0 Å². The van der Waals surface area contributed by atoms with Gasteiger partial charge in [0.05, 0.1) is 0 Å². The lowest BCUT2D eigenvalue weighted by molar-refractivity contribution is 0.824. The molecule has 0 saturated heterocycles. The topological polar surface area (TPSA) is 31.5 Å². The monoisotopic (exact) mass is 486 g/mol. The zero-order valence-electron chi connectivity index (χ0n) is 21.7. The molecular formula is C36H38O. The van der Waals surface area contributed by atoms with Crippen molar-refractivity contribution in [2.75, 3.05) is 0 Å². The quantitative estimate of drug-likeness (QED) is 0.201. The second-order valence-electron chi connectivity index (χ2n) is 8.76. The number of allylic oxidation sites excluding steroid dienone is 4. The smallest absolute Gasteiger partial charge is 0.0100 e. The van der Waals surface area contributed by atoms with Gasteiger partial charge in [0.2, 0.25) is 0 Å². The van der Waals surface area contributed by atoms with Gasteiger partial charge in [-0.3, -0.25) is 0 Å². The van der Waals surface area contributed by atoms with E-state index < -0.39 is 0 Å². The lowest BCUT2D eigenvalue weighted by atomic mass is 10.0. The van der Waals surface area contributed by atoms with E-state index >= 15 is 0 Å². The molecule has 4 rings (SSSR count). The summed E-state index contributed by atoms with van der Waals surface area (Å²) in [5.74, 6) is 0. The molecular weight excluding hydrogens is 448 g/mol. The maximum absolute atomic E-state index is 3.76. The van der Waals surface area contributed by atoms with Gasteiger partial charge < -0.3 is 5.48 Å². The highest BCUT2D eigenvalue weighted by molar-refractivity contribution is 5.65. The molecule has 0 radical (unpaired) electrons. The predicted octanol–water partition coefficient (Wildman–Crippen LogP) is 8.80. The highest BCUT2D eigenvalue weighted by Crippen LogP contribution is 2.22. The minimum absolute atomic E-state index is 0. The van der Waals surface area contributed by atoms with Crippen LogP contribution in [0.5, 0.6) is 0 Å². The van der Waals surface area contributed by atoms with Gasteiger partial charge in [-0.15, -0.1) is 26.3 Å². The summed E-state index contributed by atoms with van der Waals surface area (Å²) < 4.78 is 0. The zero-order chi connectivity index (χ0) is 25.6. The lowest BCUT2D eigenvalue weighted by Crippen LogP contribution is -1.84. The molecule has 0 unspecified atom stereocenters. The Morgan fingerprint density at radius 2 is 0.486 bits per heavy atom. The largest absolute Gasteiger partial charge is 0.412 e. The fraction of sp³-hybridized carbons (Fsp3) is 0.111. The normalized spacial score (nSPS) is 9.73. The Morgan fingerprint density at radius 1 is 0.324 bits per heavy atom. The van der Waals surface area contributed by atoms with Crippen molar-refractivity contribution in [2.45, 2.75) is 25.7 Å². The zero-order valence-corrected chi connectivity index (χ0v) is 21.7. The molecule has 0 heterocycles. The van der Waals surface area contributed by atoms with Crippen LogP contribution in [0.2, 0.25) is 0 Å². The van der Waals surface area contributed by atoms with E-state index in [1.807, 2.05) is 24.3 Å². The van der Waals surface area contributed by atoms with Crippen LogP contribution in [0.25, 0.3) is 22.3 Å². The third-order valence-corrected chi connectivity index (χ3v) is 6.00. The summed E-state index contributed by atoms with van der Waals surface area (Å²) in [5, 5.41) is 0. The molecule has 4 aromatic carbocycles. The van der Waals surface area contributed by atoms with Gasteiger partial charge in [0.25, 0.3) is 0 Å². The summed E-state index contributed by atoms with van der Waals surface area (Å²) in [4.78, 5) is 0. The van der Waals surface area contributed by atoms with Gasteiger partial charge in [0, 0.05) is 0 Å². The average molecular weight is 487 g/mol. The molecule has 4 aromatic rings. The fourth-order valence-corrected chi connectivity index (χ4v) is 4.00. The van der Waals surface area contributed by atoms with E-state index in [0.29, 0.717) is 0 Å². The highest BCUT2D eigenvalue weighted by Gasteiger charge is 1.99. The van der Waals surface area contributed by atoms with Crippen LogP contribution in [0.1, 0.15) is 22.3 Å². The molecule has 0 aliphatic heterocycles. The first-order chi connectivity index (χ1) is 17.7. The predicted molar refractivity (Wildman–Crippen MR) is 163 cm³/mol. The summed E-state index contributed by atoms with van der Waals surface area (Å²) in [6, 6.07) is 34.6. The number of benzene rings is 4. The van der Waals surface area contributed by atoms with Crippen LogP contribution in [-0.2, 0) is 25.7 Å². The molecule has 0 aromatic heterocycles. The van der Waals surface area contributed by atoms with Crippen LogP contribution in [0.15, 0.2) is 148 Å². The Kier molecular flexibility index (Phi) is 12.3. The number of hydrogen-bond donors (Lipinski definition) is 0. The summed E-state index contributed by atoms with van der Waals surface area (Å²) in [6.07, 6.45) is 11.4. The molecule has 0 aliphatic carbocycles. The van der Waals surface area contributed by atoms with Crippen LogP contribution >= 0.6 is 0 Å². The SMILES string of the molecule is C=CCc1ccc(-c2ccc(CC=C)cc2)cc1.C=CCc1ccc(-c2ccc(CC=C)cc2)cc1.O. The molecule has 0 atom stereocenters. The number of hydrogen-bond acceptors (Lipinski definition) is 0. The van der Waals surface area contributed by atoms with Gasteiger partial charge in [0.1, 0.15) is 0 Å². The van der Waals surface area contributed by atoms with Crippen LogP contribution in [0.3, 0.4) is 0 Å². The van der Waals surface area contributed by atoms with Crippen molar-refractivity contribution in [3.63, 3.8) is 0 Å². The Balaban J connectivity index is 0.000000253. The van der Waals surface area contributed by atoms with Gasteiger partial charge in [0.15, 0.2) is 0 Å². The van der Waals surface area contributed by atoms with Crippen molar-refractivity contribution in [3.8, 4) is 22.3 Å². The molecule has 0 fully saturated rings. The minimum atomic E-state index is 0. The molecule has 0 aliphatic rings. The maximum Gasteiger partial charge on any atom is -0.0100 e. The van der Waals surface area contributed by atoms with Crippen LogP contribution in [0.4, 0.5) is 0 Å². The van der Waals surface area contributed by atoms with Crippen LogP contribution < -0.4 is 0 Å². The summed E-state index contributed by atoms with van der Waals surface area (Å²) >= 11 is 0. The van der Waals surface area contributed by atoms with Gasteiger partial charge in [-0.05, 0) is 70.2 Å². The highest BCUT2D eigenvalue weighted by atomic mass is 16.0. The number of rotatable bonds is 10. The van der Waals surface area contributed by atoms with Crippen molar-refractivity contribution >= 4 is 0 Å². The first-order valence-corrected chi connectivity index (χ1v) is 12.5.